The van der Waals surface area contributed by atoms with Gasteiger partial charge in [0.15, 0.2) is 0 Å². The van der Waals surface area contributed by atoms with Gasteiger partial charge in [-0.2, -0.15) is 0 Å². The van der Waals surface area contributed by atoms with Crippen LogP contribution in [0.3, 0.4) is 0 Å². The van der Waals surface area contributed by atoms with Crippen LogP contribution in [-0.2, 0) is 9.53 Å². The van der Waals surface area contributed by atoms with Crippen LogP contribution in [0.1, 0.15) is 33.1 Å². The minimum atomic E-state index is -0.638. The Kier molecular flexibility index (Phi) is 8.61. The van der Waals surface area contributed by atoms with E-state index in [0.717, 1.165) is 10.0 Å². The Bertz CT molecular complexity index is 176. The molecule has 0 aromatic carbocycles. The molecule has 13 heavy (non-hydrogen) atoms. The first-order valence-electron chi connectivity index (χ1n) is 4.81. The second-order valence-electron chi connectivity index (χ2n) is 2.73. The summed E-state index contributed by atoms with van der Waals surface area (Å²) in [6, 6.07) is 0. The van der Waals surface area contributed by atoms with Gasteiger partial charge in [0.2, 0.25) is 0 Å². The number of esters is 1. The van der Waals surface area contributed by atoms with E-state index in [1.165, 1.54) is 12.8 Å². The maximum atomic E-state index is 11.3. The third-order valence-electron chi connectivity index (χ3n) is 1.67. The first-order valence-corrected chi connectivity index (χ1v) is 9.09. The molecular weight excluding hydrogens is 271 g/mol. The van der Waals surface area contributed by atoms with Gasteiger partial charge in [0, 0.05) is 0 Å². The summed E-state index contributed by atoms with van der Waals surface area (Å²) in [5.41, 5.74) is 0. The summed E-state index contributed by atoms with van der Waals surface area (Å²) < 4.78 is 5.95. The van der Waals surface area contributed by atoms with Crippen molar-refractivity contribution in [3.8, 4) is 0 Å². The molecule has 0 fully saturated rings. The molecule has 0 atom stereocenters. The van der Waals surface area contributed by atoms with Gasteiger partial charge in [-0.3, -0.25) is 0 Å². The average molecular weight is 289 g/mol. The van der Waals surface area contributed by atoms with E-state index < -0.39 is 21.1 Å². The first kappa shape index (κ1) is 13.0. The maximum absolute atomic E-state index is 11.3. The third kappa shape index (κ3) is 6.13. The second kappa shape index (κ2) is 8.60. The summed E-state index contributed by atoms with van der Waals surface area (Å²) in [5, 5.41) is 0. The van der Waals surface area contributed by atoms with Gasteiger partial charge in [0.1, 0.15) is 0 Å². The van der Waals surface area contributed by atoms with Gasteiger partial charge in [-0.15, -0.1) is 0 Å². The van der Waals surface area contributed by atoms with Crippen LogP contribution >= 0.6 is 0 Å². The molecule has 0 bridgehead atoms. The van der Waals surface area contributed by atoms with Gasteiger partial charge >= 0.3 is 91.0 Å². The molecule has 0 N–H and O–H groups in total. The number of unbranched alkanes of at least 4 members (excludes halogenated alkanes) is 2. The van der Waals surface area contributed by atoms with Crippen molar-refractivity contribution >= 4 is 27.1 Å². The van der Waals surface area contributed by atoms with Crippen LogP contribution in [-0.4, -0.2) is 33.7 Å². The van der Waals surface area contributed by atoms with Gasteiger partial charge < -0.3 is 0 Å². The molecule has 0 saturated carbocycles. The van der Waals surface area contributed by atoms with E-state index in [4.69, 9.17) is 4.74 Å². The predicted molar refractivity (Wildman–Crippen MR) is 55.9 cm³/mol. The molecule has 0 aromatic rings. The number of rotatable bonds is 6. The van der Waals surface area contributed by atoms with E-state index in [2.05, 4.69) is 17.9 Å². The normalized spacial score (nSPS) is 11.5. The van der Waals surface area contributed by atoms with E-state index in [1.54, 1.807) is 0 Å². The van der Waals surface area contributed by atoms with Crippen molar-refractivity contribution in [1.82, 2.24) is 0 Å². The fourth-order valence-electron chi connectivity index (χ4n) is 0.947. The van der Waals surface area contributed by atoms with Crippen molar-refractivity contribution < 1.29 is 9.53 Å². The van der Waals surface area contributed by atoms with Gasteiger partial charge in [0.05, 0.1) is 0 Å². The first-order chi connectivity index (χ1) is 6.26. The quantitative estimate of drug-likeness (QED) is 0.325. The van der Waals surface area contributed by atoms with Gasteiger partial charge in [-0.05, 0) is 0 Å². The molecule has 0 saturated heterocycles. The zero-order valence-electron chi connectivity index (χ0n) is 8.72. The summed E-state index contributed by atoms with van der Waals surface area (Å²) in [6.45, 7) is 4.50. The van der Waals surface area contributed by atoms with Crippen LogP contribution in [0.5, 0.6) is 0 Å². The molecule has 2 nitrogen and oxygen atoms in total. The molecule has 0 aromatic heterocycles. The molecular formula is C10H18O2Sn. The third-order valence-corrected chi connectivity index (χ3v) is 4.37. The van der Waals surface area contributed by atoms with Gasteiger partial charge in [0.25, 0.3) is 0 Å². The predicted octanol–water partition coefficient (Wildman–Crippen LogP) is 2.38. The molecule has 3 heteroatoms. The van der Waals surface area contributed by atoms with Crippen molar-refractivity contribution in [2.75, 3.05) is 6.61 Å². The zero-order valence-corrected chi connectivity index (χ0v) is 11.6. The Balaban J connectivity index is 3.99. The SMILES string of the molecule is CCCCC=[C]([Sn][CH3])C(=O)OCC. The Morgan fingerprint density at radius 2 is 2.15 bits per heavy atom. The summed E-state index contributed by atoms with van der Waals surface area (Å²) in [6.07, 6.45) is 5.46. The van der Waals surface area contributed by atoms with Gasteiger partial charge in [-0.1, -0.05) is 0 Å². The number of carbonyl (C=O) groups is 1. The molecule has 0 spiro atoms. The van der Waals surface area contributed by atoms with Crippen LogP contribution in [0.4, 0.5) is 0 Å². The monoisotopic (exact) mass is 290 g/mol. The zero-order chi connectivity index (χ0) is 10.1. The van der Waals surface area contributed by atoms with Crippen LogP contribution in [0.2, 0.25) is 4.94 Å². The number of hydrogen-bond donors (Lipinski definition) is 0. The van der Waals surface area contributed by atoms with E-state index in [9.17, 15) is 4.79 Å². The molecule has 0 rings (SSSR count). The van der Waals surface area contributed by atoms with Crippen molar-refractivity contribution in [2.24, 2.45) is 0 Å². The second-order valence-corrected chi connectivity index (χ2v) is 5.69. The summed E-state index contributed by atoms with van der Waals surface area (Å²) in [7, 11) is 0. The Morgan fingerprint density at radius 3 is 2.62 bits per heavy atom. The van der Waals surface area contributed by atoms with Crippen molar-refractivity contribution in [3.05, 3.63) is 9.67 Å². The fraction of sp³-hybridized carbons (Fsp3) is 0.700. The molecule has 0 aliphatic rings. The topological polar surface area (TPSA) is 26.3 Å². The van der Waals surface area contributed by atoms with Crippen molar-refractivity contribution in [2.45, 2.75) is 38.0 Å². The molecule has 0 aliphatic carbocycles. The molecule has 74 valence electrons. The van der Waals surface area contributed by atoms with E-state index >= 15 is 0 Å². The fourth-order valence-corrected chi connectivity index (χ4v) is 2.73. The number of carbonyl (C=O) groups excluding carboxylic acids is 1. The molecule has 0 amide bonds. The average Bonchev–Trinajstić information content (AvgIpc) is 2.13. The standard InChI is InChI=1S/C9H15O2.CH3.Sn/c1-3-5-6-7-8-9(10)11-4-2;;/h7H,3-6H2,1-2H3;1H3;. The van der Waals surface area contributed by atoms with E-state index in [1.807, 2.05) is 6.92 Å². The Morgan fingerprint density at radius 1 is 1.46 bits per heavy atom. The Labute approximate surface area is 91.0 Å². The number of hydrogen-bond acceptors (Lipinski definition) is 2. The van der Waals surface area contributed by atoms with Crippen LogP contribution in [0.15, 0.2) is 9.67 Å². The summed E-state index contributed by atoms with van der Waals surface area (Å²) in [4.78, 5) is 13.5. The molecule has 2 radical (unpaired) electrons. The molecule has 0 unspecified atom stereocenters. The molecule has 0 aliphatic heterocycles. The van der Waals surface area contributed by atoms with Crippen LogP contribution in [0, 0.1) is 0 Å². The minimum absolute atomic E-state index is 0.0762. The van der Waals surface area contributed by atoms with Crippen LogP contribution < -0.4 is 0 Å². The summed E-state index contributed by atoms with van der Waals surface area (Å²) >= 11 is -0.638. The van der Waals surface area contributed by atoms with Crippen molar-refractivity contribution in [1.29, 1.82) is 0 Å². The summed E-state index contributed by atoms with van der Waals surface area (Å²) in [5.74, 6) is -0.0762. The van der Waals surface area contributed by atoms with E-state index in [0.29, 0.717) is 6.61 Å². The number of allylic oxidation sites excluding steroid dienone is 1. The number of ether oxygens (including phenoxy) is 1. The van der Waals surface area contributed by atoms with Gasteiger partial charge in [-0.25, -0.2) is 0 Å². The van der Waals surface area contributed by atoms with Crippen LogP contribution in [0.25, 0.3) is 0 Å². The van der Waals surface area contributed by atoms with E-state index in [-0.39, 0.29) is 5.97 Å². The Hall–Kier alpha value is 0.00870. The van der Waals surface area contributed by atoms with Crippen molar-refractivity contribution in [3.63, 3.8) is 0 Å². The molecule has 0 heterocycles.